The van der Waals surface area contributed by atoms with Crippen LogP contribution in [0.5, 0.6) is 5.75 Å². The van der Waals surface area contributed by atoms with E-state index in [1.54, 1.807) is 22.2 Å². The molecule has 2 atom stereocenters. The summed E-state index contributed by atoms with van der Waals surface area (Å²) in [4.78, 5) is 90.9. The zero-order chi connectivity index (χ0) is 56.7. The monoisotopic (exact) mass is 1110 g/mol. The maximum atomic E-state index is 15.3. The lowest BCUT2D eigenvalue weighted by atomic mass is 9.86. The molecule has 0 bridgehead atoms. The summed E-state index contributed by atoms with van der Waals surface area (Å²) in [7, 11) is 2.12. The van der Waals surface area contributed by atoms with Crippen LogP contribution in [-0.4, -0.2) is 169 Å². The Balaban J connectivity index is 0.573. The van der Waals surface area contributed by atoms with Gasteiger partial charge in [-0.3, -0.25) is 44.0 Å². The number of piperazine rings is 1. The van der Waals surface area contributed by atoms with Crippen LogP contribution >= 0.6 is 0 Å². The first-order valence-electron chi connectivity index (χ1n) is 28.1. The Morgan fingerprint density at radius 1 is 0.765 bits per heavy atom. The third-order valence-electron chi connectivity index (χ3n) is 15.3. The van der Waals surface area contributed by atoms with Crippen LogP contribution in [0.3, 0.4) is 0 Å². The van der Waals surface area contributed by atoms with Gasteiger partial charge in [0.25, 0.3) is 17.7 Å². The van der Waals surface area contributed by atoms with Crippen LogP contribution in [0, 0.1) is 5.82 Å². The van der Waals surface area contributed by atoms with E-state index in [2.05, 4.69) is 48.1 Å². The van der Waals surface area contributed by atoms with Crippen molar-refractivity contribution in [3.8, 4) is 17.1 Å². The highest BCUT2D eigenvalue weighted by molar-refractivity contribution is 6.23. The highest BCUT2D eigenvalue weighted by atomic mass is 19.1. The number of carbonyl (C=O) groups is 6. The standard InChI is InChI=1S/C59H72FN11O10/c1-40(62-54(74)43-9-7-10-44(37-43)65-59(20-24-68(2)25-21-59)58-64-53(66-67-58)42-18-22-61-23-19-42)41-12-14-45(15-13-41)81-32-6-4-3-5-30-78-33-35-80-36-34-79-31-8-11-52(73)70-28-26-69(27-29-70)50-39-47-46(38-48(50)60)56(76)71(57(47)77)49-16-17-51(72)63-55(49)75/h7,9-10,12-15,18-19,22-23,37-40,49,65H,3-6,8,11,16-17,20-21,24-36H2,1-2H3,(H,62,74)(H,63,72,75)(H,64,66,67)/t40-,49?/m1/s1. The molecule has 81 heavy (non-hydrogen) atoms. The number of fused-ring (bicyclic) bond motifs is 1. The molecule has 3 fully saturated rings. The van der Waals surface area contributed by atoms with Gasteiger partial charge in [-0.15, -0.1) is 10.2 Å². The Morgan fingerprint density at radius 2 is 1.43 bits per heavy atom. The maximum Gasteiger partial charge on any atom is 0.262 e. The molecule has 2 aromatic heterocycles. The number of aromatic amines is 1. The minimum Gasteiger partial charge on any atom is -0.494 e. The molecular formula is C59H72FN11O10. The van der Waals surface area contributed by atoms with Crippen molar-refractivity contribution in [2.75, 3.05) is 103 Å². The van der Waals surface area contributed by atoms with Gasteiger partial charge in [0.15, 0.2) is 11.6 Å². The van der Waals surface area contributed by atoms with Crippen molar-refractivity contribution in [3.05, 3.63) is 119 Å². The van der Waals surface area contributed by atoms with Crippen LogP contribution in [0.1, 0.15) is 120 Å². The Bertz CT molecular complexity index is 2980. The Hall–Kier alpha value is -7.66. The van der Waals surface area contributed by atoms with Gasteiger partial charge in [-0.25, -0.2) is 4.39 Å². The third kappa shape index (κ3) is 14.8. The molecule has 21 nitrogen and oxygen atoms in total. The number of benzene rings is 3. The summed E-state index contributed by atoms with van der Waals surface area (Å²) < 4.78 is 38.4. The second-order valence-electron chi connectivity index (χ2n) is 21.0. The number of hydrogen-bond acceptors (Lipinski definition) is 16. The van der Waals surface area contributed by atoms with Crippen LogP contribution in [0.25, 0.3) is 11.4 Å². The van der Waals surface area contributed by atoms with Gasteiger partial charge < -0.3 is 49.3 Å². The van der Waals surface area contributed by atoms with E-state index in [1.807, 2.05) is 67.6 Å². The number of pyridine rings is 1. The SMILES string of the molecule is C[C@@H](NC(=O)c1cccc(NC2(c3nnc(-c4ccncc4)[nH]3)CCN(C)CC2)c1)c1ccc(OCCCCCCOCCOCCOCCCC(=O)N2CCN(c3cc4c(cc3F)C(=O)N(C3CCC(=O)NC3=O)C4=O)CC2)cc1. The summed E-state index contributed by atoms with van der Waals surface area (Å²) >= 11 is 0. The van der Waals surface area contributed by atoms with Gasteiger partial charge in [0, 0.05) is 94.5 Å². The topological polar surface area (TPSA) is 243 Å². The van der Waals surface area contributed by atoms with Crippen molar-refractivity contribution in [1.29, 1.82) is 0 Å². The number of piperidine rings is 2. The number of halogens is 1. The molecule has 22 heteroatoms. The molecule has 430 valence electrons. The van der Waals surface area contributed by atoms with Gasteiger partial charge in [-0.1, -0.05) is 24.6 Å². The summed E-state index contributed by atoms with van der Waals surface area (Å²) in [5, 5.41) is 18.1. The summed E-state index contributed by atoms with van der Waals surface area (Å²) in [5.41, 5.74) is 2.83. The summed E-state index contributed by atoms with van der Waals surface area (Å²) in [5.74, 6) is -1.31. The fourth-order valence-electron chi connectivity index (χ4n) is 10.6. The van der Waals surface area contributed by atoms with Crippen LogP contribution in [0.2, 0.25) is 0 Å². The Kier molecular flexibility index (Phi) is 19.8. The van der Waals surface area contributed by atoms with Crippen molar-refractivity contribution >= 4 is 46.8 Å². The van der Waals surface area contributed by atoms with E-state index in [0.29, 0.717) is 96.7 Å². The first-order chi connectivity index (χ1) is 39.4. The number of ether oxygens (including phenoxy) is 4. The molecule has 9 rings (SSSR count). The highest BCUT2D eigenvalue weighted by Crippen LogP contribution is 2.36. The molecule has 0 aliphatic carbocycles. The number of imide groups is 2. The first-order valence-corrected chi connectivity index (χ1v) is 28.1. The number of likely N-dealkylation sites (tertiary alicyclic amines) is 1. The number of anilines is 2. The predicted molar refractivity (Wildman–Crippen MR) is 298 cm³/mol. The van der Waals surface area contributed by atoms with Gasteiger partial charge in [-0.05, 0) is 119 Å². The number of H-pyrrole nitrogens is 1. The van der Waals surface area contributed by atoms with Crippen LogP contribution in [0.4, 0.5) is 15.8 Å². The number of nitrogens with one attached hydrogen (secondary N) is 4. The van der Waals surface area contributed by atoms with Gasteiger partial charge >= 0.3 is 0 Å². The molecule has 0 radical (unpaired) electrons. The number of nitrogens with zero attached hydrogens (tertiary/aromatic N) is 7. The molecule has 4 aliphatic heterocycles. The third-order valence-corrected chi connectivity index (χ3v) is 15.3. The van der Waals surface area contributed by atoms with Crippen molar-refractivity contribution in [3.63, 3.8) is 0 Å². The molecule has 3 saturated heterocycles. The molecule has 1 unspecified atom stereocenters. The summed E-state index contributed by atoms with van der Waals surface area (Å²) in [6.07, 6.45) is 9.85. The second kappa shape index (κ2) is 27.7. The maximum absolute atomic E-state index is 15.3. The molecule has 0 spiro atoms. The average molecular weight is 1110 g/mol. The van der Waals surface area contributed by atoms with Crippen LogP contribution < -0.4 is 25.6 Å². The lowest BCUT2D eigenvalue weighted by Gasteiger charge is -2.40. The number of carbonyl (C=O) groups excluding carboxylic acids is 6. The van der Waals surface area contributed by atoms with E-state index in [1.165, 1.54) is 6.07 Å². The van der Waals surface area contributed by atoms with Gasteiger partial charge in [0.2, 0.25) is 17.7 Å². The first kappa shape index (κ1) is 58.0. The molecule has 4 aliphatic rings. The summed E-state index contributed by atoms with van der Waals surface area (Å²) in [6, 6.07) is 20.3. The molecule has 5 aromatic rings. The predicted octanol–water partition coefficient (Wildman–Crippen LogP) is 6.05. The average Bonchev–Trinajstić information content (AvgIpc) is 4.08. The van der Waals surface area contributed by atoms with Gasteiger partial charge in [0.05, 0.1) is 61.4 Å². The quantitative estimate of drug-likeness (QED) is 0.0346. The van der Waals surface area contributed by atoms with E-state index in [-0.39, 0.29) is 47.5 Å². The fraction of sp³-hybridized carbons (Fsp3) is 0.475. The van der Waals surface area contributed by atoms with E-state index in [9.17, 15) is 28.8 Å². The number of amides is 6. The largest absolute Gasteiger partial charge is 0.494 e. The normalized spacial score (nSPS) is 17.7. The van der Waals surface area contributed by atoms with Crippen molar-refractivity contribution in [1.82, 2.24) is 45.5 Å². The zero-order valence-corrected chi connectivity index (χ0v) is 46.1. The zero-order valence-electron chi connectivity index (χ0n) is 46.1. The Labute approximate surface area is 470 Å². The molecule has 3 aromatic carbocycles. The smallest absolute Gasteiger partial charge is 0.262 e. The molecule has 0 saturated carbocycles. The lowest BCUT2D eigenvalue weighted by molar-refractivity contribution is -0.136. The lowest BCUT2D eigenvalue weighted by Crippen LogP contribution is -2.54. The molecule has 6 heterocycles. The van der Waals surface area contributed by atoms with E-state index >= 15 is 4.39 Å². The van der Waals surface area contributed by atoms with Crippen LogP contribution in [-0.2, 0) is 34.1 Å². The number of rotatable bonds is 27. The number of aromatic nitrogens is 4. The van der Waals surface area contributed by atoms with Crippen molar-refractivity contribution in [2.45, 2.75) is 88.8 Å². The van der Waals surface area contributed by atoms with Gasteiger partial charge in [0.1, 0.15) is 17.6 Å². The summed E-state index contributed by atoms with van der Waals surface area (Å²) in [6.45, 7) is 8.57. The Morgan fingerprint density at radius 3 is 2.14 bits per heavy atom. The number of unbranched alkanes of at least 4 members (excludes halogenated alkanes) is 3. The minimum atomic E-state index is -1.14. The molecule has 6 amide bonds. The molecular weight excluding hydrogens is 1040 g/mol. The fourth-order valence-corrected chi connectivity index (χ4v) is 10.6. The molecule has 4 N–H and O–H groups in total. The van der Waals surface area contributed by atoms with E-state index in [0.717, 1.165) is 91.0 Å². The van der Waals surface area contributed by atoms with E-state index in [4.69, 9.17) is 18.9 Å². The van der Waals surface area contributed by atoms with E-state index < -0.39 is 41.0 Å². The minimum absolute atomic E-state index is 0.00492. The van der Waals surface area contributed by atoms with Crippen molar-refractivity contribution in [2.24, 2.45) is 0 Å². The number of hydrogen-bond donors (Lipinski definition) is 4. The second-order valence-corrected chi connectivity index (χ2v) is 21.0. The van der Waals surface area contributed by atoms with Crippen LogP contribution in [0.15, 0.2) is 85.2 Å². The highest BCUT2D eigenvalue weighted by Gasteiger charge is 2.46. The van der Waals surface area contributed by atoms with Crippen molar-refractivity contribution < 1.29 is 52.1 Å². The van der Waals surface area contributed by atoms with Gasteiger partial charge in [-0.2, -0.15) is 0 Å².